The van der Waals surface area contributed by atoms with E-state index in [1.807, 2.05) is 12.1 Å². The number of thioether (sulfide) groups is 1. The zero-order valence-electron chi connectivity index (χ0n) is 8.04. The monoisotopic (exact) mass is 352 g/mol. The molecule has 0 saturated carbocycles. The van der Waals surface area contributed by atoms with E-state index >= 15 is 0 Å². The fraction of sp³-hybridized carbons (Fsp3) is 0.0909. The van der Waals surface area contributed by atoms with E-state index in [-0.39, 0.29) is 0 Å². The van der Waals surface area contributed by atoms with Gasteiger partial charge in [-0.25, -0.2) is 0 Å². The molecule has 0 saturated heterocycles. The molecule has 2 rings (SSSR count). The first kappa shape index (κ1) is 12.8. The van der Waals surface area contributed by atoms with Gasteiger partial charge in [-0.05, 0) is 45.6 Å². The van der Waals surface area contributed by atoms with E-state index in [0.29, 0.717) is 0 Å². The van der Waals surface area contributed by atoms with Crippen LogP contribution >= 0.6 is 62.2 Å². The van der Waals surface area contributed by atoms with Crippen molar-refractivity contribution in [2.75, 3.05) is 0 Å². The Morgan fingerprint density at radius 2 is 2.06 bits per heavy atom. The molecule has 0 nitrogen and oxygen atoms in total. The maximum absolute atomic E-state index is 6.09. The van der Waals surface area contributed by atoms with Gasteiger partial charge in [0, 0.05) is 25.0 Å². The first-order valence-electron chi connectivity index (χ1n) is 4.46. The average molecular weight is 354 g/mol. The summed E-state index contributed by atoms with van der Waals surface area (Å²) in [7, 11) is 0. The molecule has 16 heavy (non-hydrogen) atoms. The van der Waals surface area contributed by atoms with Crippen LogP contribution in [0.25, 0.3) is 0 Å². The standard InChI is InChI=1S/C11H7BrCl2S2/c12-8-3-4-15-11(8)6-16-10-5-7(13)1-2-9(10)14/h1-5H,6H2. The van der Waals surface area contributed by atoms with Crippen molar-refractivity contribution in [1.82, 2.24) is 0 Å². The van der Waals surface area contributed by atoms with E-state index in [9.17, 15) is 0 Å². The quantitative estimate of drug-likeness (QED) is 0.600. The van der Waals surface area contributed by atoms with Gasteiger partial charge in [0.05, 0.1) is 5.02 Å². The van der Waals surface area contributed by atoms with Crippen molar-refractivity contribution in [3.63, 3.8) is 0 Å². The number of hydrogen-bond acceptors (Lipinski definition) is 2. The molecule has 1 aromatic carbocycles. The van der Waals surface area contributed by atoms with Crippen LogP contribution in [0.15, 0.2) is 39.0 Å². The molecule has 0 N–H and O–H groups in total. The van der Waals surface area contributed by atoms with Gasteiger partial charge in [-0.3, -0.25) is 0 Å². The molecule has 0 bridgehead atoms. The summed E-state index contributed by atoms with van der Waals surface area (Å²) in [6, 6.07) is 7.58. The molecule has 2 aromatic rings. The minimum absolute atomic E-state index is 0.720. The Morgan fingerprint density at radius 1 is 1.25 bits per heavy atom. The molecule has 0 atom stereocenters. The predicted molar refractivity (Wildman–Crippen MR) is 78.0 cm³/mol. The number of hydrogen-bond donors (Lipinski definition) is 0. The number of rotatable bonds is 3. The van der Waals surface area contributed by atoms with E-state index in [1.54, 1.807) is 29.2 Å². The average Bonchev–Trinajstić information content (AvgIpc) is 2.66. The van der Waals surface area contributed by atoms with Crippen LogP contribution in [0.1, 0.15) is 4.88 Å². The largest absolute Gasteiger partial charge is 0.147 e. The van der Waals surface area contributed by atoms with Crippen LogP contribution in [-0.2, 0) is 5.75 Å². The normalized spacial score (nSPS) is 10.7. The molecule has 1 heterocycles. The molecule has 0 aliphatic heterocycles. The van der Waals surface area contributed by atoms with E-state index in [2.05, 4.69) is 27.4 Å². The van der Waals surface area contributed by atoms with Gasteiger partial charge < -0.3 is 0 Å². The second-order valence-electron chi connectivity index (χ2n) is 3.06. The summed E-state index contributed by atoms with van der Waals surface area (Å²) >= 11 is 19.0. The van der Waals surface area contributed by atoms with Crippen molar-refractivity contribution >= 4 is 62.2 Å². The lowest BCUT2D eigenvalue weighted by Crippen LogP contribution is -1.78. The second kappa shape index (κ2) is 5.78. The fourth-order valence-electron chi connectivity index (χ4n) is 1.16. The Kier molecular flexibility index (Phi) is 4.62. The Balaban J connectivity index is 2.10. The van der Waals surface area contributed by atoms with Crippen molar-refractivity contribution in [2.24, 2.45) is 0 Å². The maximum Gasteiger partial charge on any atom is 0.0543 e. The maximum atomic E-state index is 6.09. The van der Waals surface area contributed by atoms with Crippen molar-refractivity contribution in [3.05, 3.63) is 49.0 Å². The third-order valence-electron chi connectivity index (χ3n) is 1.94. The lowest BCUT2D eigenvalue weighted by molar-refractivity contribution is 1.42. The van der Waals surface area contributed by atoms with Gasteiger partial charge in [0.15, 0.2) is 0 Å². The Labute approximate surface area is 121 Å². The first-order chi connectivity index (χ1) is 7.66. The molecule has 0 amide bonds. The Bertz CT molecular complexity index is 496. The lowest BCUT2D eigenvalue weighted by Gasteiger charge is -2.03. The zero-order valence-corrected chi connectivity index (χ0v) is 12.8. The van der Waals surface area contributed by atoms with Gasteiger partial charge in [-0.15, -0.1) is 23.1 Å². The molecule has 0 fully saturated rings. The first-order valence-corrected chi connectivity index (χ1v) is 7.88. The fourth-order valence-corrected chi connectivity index (χ4v) is 4.45. The van der Waals surface area contributed by atoms with Crippen molar-refractivity contribution in [2.45, 2.75) is 10.6 Å². The van der Waals surface area contributed by atoms with Crippen LogP contribution in [0.4, 0.5) is 0 Å². The van der Waals surface area contributed by atoms with Crippen LogP contribution in [0.5, 0.6) is 0 Å². The summed E-state index contributed by atoms with van der Waals surface area (Å²) in [6.45, 7) is 0. The molecule has 1 aromatic heterocycles. The third kappa shape index (κ3) is 3.17. The van der Waals surface area contributed by atoms with Crippen LogP contribution in [-0.4, -0.2) is 0 Å². The van der Waals surface area contributed by atoms with Gasteiger partial charge >= 0.3 is 0 Å². The van der Waals surface area contributed by atoms with Gasteiger partial charge in [0.1, 0.15) is 0 Å². The highest BCUT2D eigenvalue weighted by molar-refractivity contribution is 9.10. The van der Waals surface area contributed by atoms with E-state index < -0.39 is 0 Å². The number of thiophene rings is 1. The predicted octanol–water partition coefficient (Wildman–Crippen LogP) is 6.11. The molecule has 0 radical (unpaired) electrons. The van der Waals surface area contributed by atoms with Gasteiger partial charge in [0.25, 0.3) is 0 Å². The third-order valence-corrected chi connectivity index (χ3v) is 5.81. The SMILES string of the molecule is Clc1ccc(Cl)c(SCc2sccc2Br)c1. The molecule has 5 heteroatoms. The molecule has 84 valence electrons. The van der Waals surface area contributed by atoms with Crippen LogP contribution in [0, 0.1) is 0 Å². The molecule has 0 aliphatic rings. The summed E-state index contributed by atoms with van der Waals surface area (Å²) < 4.78 is 1.16. The second-order valence-corrected chi connectivity index (χ2v) is 6.77. The molecular weight excluding hydrogens is 347 g/mol. The van der Waals surface area contributed by atoms with Crippen molar-refractivity contribution < 1.29 is 0 Å². The highest BCUT2D eigenvalue weighted by Gasteiger charge is 2.05. The highest BCUT2D eigenvalue weighted by Crippen LogP contribution is 2.35. The van der Waals surface area contributed by atoms with Crippen LogP contribution in [0.3, 0.4) is 0 Å². The van der Waals surface area contributed by atoms with E-state index in [4.69, 9.17) is 23.2 Å². The number of halogens is 3. The summed E-state index contributed by atoms with van der Waals surface area (Å²) in [5, 5.41) is 3.54. The lowest BCUT2D eigenvalue weighted by atomic mass is 10.4. The van der Waals surface area contributed by atoms with E-state index in [1.165, 1.54) is 4.88 Å². The summed E-state index contributed by atoms with van der Waals surface area (Å²) in [4.78, 5) is 2.33. The summed E-state index contributed by atoms with van der Waals surface area (Å²) in [5.74, 6) is 0.901. The molecule has 0 spiro atoms. The highest BCUT2D eigenvalue weighted by atomic mass is 79.9. The van der Waals surface area contributed by atoms with Gasteiger partial charge in [-0.1, -0.05) is 23.2 Å². The van der Waals surface area contributed by atoms with Crippen LogP contribution in [0.2, 0.25) is 10.0 Å². The zero-order chi connectivity index (χ0) is 11.5. The minimum Gasteiger partial charge on any atom is -0.147 e. The molecular formula is C11H7BrCl2S2. The van der Waals surface area contributed by atoms with Crippen molar-refractivity contribution in [1.29, 1.82) is 0 Å². The summed E-state index contributed by atoms with van der Waals surface area (Å²) in [6.07, 6.45) is 0. The van der Waals surface area contributed by atoms with E-state index in [0.717, 1.165) is 25.2 Å². The molecule has 0 aliphatic carbocycles. The molecule has 0 unspecified atom stereocenters. The van der Waals surface area contributed by atoms with Gasteiger partial charge in [-0.2, -0.15) is 0 Å². The summed E-state index contributed by atoms with van der Waals surface area (Å²) in [5.41, 5.74) is 0. The van der Waals surface area contributed by atoms with Gasteiger partial charge in [0.2, 0.25) is 0 Å². The smallest absolute Gasteiger partial charge is 0.0543 e. The van der Waals surface area contributed by atoms with Crippen molar-refractivity contribution in [3.8, 4) is 0 Å². The topological polar surface area (TPSA) is 0 Å². The minimum atomic E-state index is 0.720. The van der Waals surface area contributed by atoms with Crippen LogP contribution < -0.4 is 0 Å². The Hall–Kier alpha value is 0.330. The Morgan fingerprint density at radius 3 is 2.75 bits per heavy atom. The number of benzene rings is 1.